The summed E-state index contributed by atoms with van der Waals surface area (Å²) in [5, 5.41) is 0. The molecule has 1 aliphatic rings. The van der Waals surface area contributed by atoms with E-state index >= 15 is 0 Å². The number of rotatable bonds is 6. The molecule has 2 amide bonds. The van der Waals surface area contributed by atoms with Gasteiger partial charge in [0.2, 0.25) is 0 Å². The van der Waals surface area contributed by atoms with E-state index < -0.39 is 35.3 Å². The molecule has 6 nitrogen and oxygen atoms in total. The summed E-state index contributed by atoms with van der Waals surface area (Å²) in [7, 11) is 0. The summed E-state index contributed by atoms with van der Waals surface area (Å²) >= 11 is 0. The van der Waals surface area contributed by atoms with E-state index in [9.17, 15) is 19.2 Å². The smallest absolute Gasteiger partial charge is 0.261 e. The fraction of sp³-hybridized carbons (Fsp3) is 0.200. The molecule has 0 radical (unpaired) electrons. The van der Waals surface area contributed by atoms with Gasteiger partial charge in [-0.15, -0.1) is 0 Å². The van der Waals surface area contributed by atoms with Gasteiger partial charge in [0, 0.05) is 12.1 Å². The van der Waals surface area contributed by atoms with Crippen LogP contribution in [0.4, 0.5) is 0 Å². The van der Waals surface area contributed by atoms with Crippen LogP contribution in [0.15, 0.2) is 54.6 Å². The third-order valence-electron chi connectivity index (χ3n) is 4.41. The molecule has 1 heterocycles. The third kappa shape index (κ3) is 3.07. The highest BCUT2D eigenvalue weighted by molar-refractivity contribution is 6.22. The summed E-state index contributed by atoms with van der Waals surface area (Å²) in [6, 6.07) is 13.8. The molecule has 2 atom stereocenters. The van der Waals surface area contributed by atoms with Crippen LogP contribution in [0, 0.1) is 5.92 Å². The second kappa shape index (κ2) is 7.01. The number of hydrogen-bond acceptors (Lipinski definition) is 5. The summed E-state index contributed by atoms with van der Waals surface area (Å²) in [5.41, 5.74) is 6.58. The molecule has 0 unspecified atom stereocenters. The standard InChI is InChI=1S/C20H18N2O4/c1-12(21)17(23)16(18(24)13-7-3-2-4-8-13)11-22-19(25)14-9-5-6-10-15(14)20(22)26/h2-10,12,16H,11,21H2,1H3/t12-,16+/m0/s1. The fourth-order valence-corrected chi connectivity index (χ4v) is 3.01. The van der Waals surface area contributed by atoms with Gasteiger partial charge in [-0.25, -0.2) is 0 Å². The maximum atomic E-state index is 12.8. The highest BCUT2D eigenvalue weighted by Gasteiger charge is 2.40. The van der Waals surface area contributed by atoms with Gasteiger partial charge in [-0.05, 0) is 19.1 Å². The van der Waals surface area contributed by atoms with Crippen molar-refractivity contribution in [3.05, 3.63) is 71.3 Å². The van der Waals surface area contributed by atoms with E-state index in [1.165, 1.54) is 6.92 Å². The van der Waals surface area contributed by atoms with Crippen LogP contribution in [-0.2, 0) is 4.79 Å². The predicted molar refractivity (Wildman–Crippen MR) is 94.7 cm³/mol. The highest BCUT2D eigenvalue weighted by Crippen LogP contribution is 2.24. The minimum absolute atomic E-state index is 0.275. The van der Waals surface area contributed by atoms with Crippen LogP contribution >= 0.6 is 0 Å². The first-order valence-corrected chi connectivity index (χ1v) is 8.25. The average Bonchev–Trinajstić information content (AvgIpc) is 2.90. The molecule has 0 bridgehead atoms. The molecule has 132 valence electrons. The minimum Gasteiger partial charge on any atom is -0.322 e. The van der Waals surface area contributed by atoms with Crippen molar-refractivity contribution in [2.45, 2.75) is 13.0 Å². The molecule has 3 rings (SSSR count). The van der Waals surface area contributed by atoms with Crippen LogP contribution in [-0.4, -0.2) is 40.9 Å². The second-order valence-corrected chi connectivity index (χ2v) is 6.24. The van der Waals surface area contributed by atoms with E-state index in [0.717, 1.165) is 4.90 Å². The minimum atomic E-state index is -1.19. The molecule has 2 N–H and O–H groups in total. The van der Waals surface area contributed by atoms with Gasteiger partial charge in [-0.1, -0.05) is 42.5 Å². The number of benzene rings is 2. The Balaban J connectivity index is 1.92. The number of carbonyl (C=O) groups excluding carboxylic acids is 4. The van der Waals surface area contributed by atoms with Crippen LogP contribution in [0.5, 0.6) is 0 Å². The Morgan fingerprint density at radius 2 is 1.42 bits per heavy atom. The van der Waals surface area contributed by atoms with Crippen LogP contribution in [0.3, 0.4) is 0 Å². The topological polar surface area (TPSA) is 97.5 Å². The number of ketones is 2. The van der Waals surface area contributed by atoms with Crippen LogP contribution in [0.25, 0.3) is 0 Å². The molecule has 1 aliphatic heterocycles. The molecule has 0 aliphatic carbocycles. The molecule has 2 aromatic carbocycles. The molecule has 0 fully saturated rings. The first kappa shape index (κ1) is 17.7. The molecule has 0 saturated heterocycles. The van der Waals surface area contributed by atoms with Gasteiger partial charge in [0.15, 0.2) is 11.6 Å². The number of nitrogens with two attached hydrogens (primary N) is 1. The largest absolute Gasteiger partial charge is 0.322 e. The maximum absolute atomic E-state index is 12.8. The highest BCUT2D eigenvalue weighted by atomic mass is 16.2. The second-order valence-electron chi connectivity index (χ2n) is 6.24. The molecular formula is C20H18N2O4. The van der Waals surface area contributed by atoms with Crippen LogP contribution < -0.4 is 5.73 Å². The lowest BCUT2D eigenvalue weighted by Gasteiger charge is -2.22. The average molecular weight is 350 g/mol. The lowest BCUT2D eigenvalue weighted by Crippen LogP contribution is -2.45. The number of fused-ring (bicyclic) bond motifs is 1. The Labute approximate surface area is 150 Å². The van der Waals surface area contributed by atoms with Crippen molar-refractivity contribution < 1.29 is 19.2 Å². The molecule has 2 aromatic rings. The molecule has 0 saturated carbocycles. The normalized spacial score (nSPS) is 15.5. The quantitative estimate of drug-likeness (QED) is 0.486. The van der Waals surface area contributed by atoms with Crippen molar-refractivity contribution in [3.63, 3.8) is 0 Å². The number of amides is 2. The van der Waals surface area contributed by atoms with E-state index in [2.05, 4.69) is 0 Å². The van der Waals surface area contributed by atoms with Crippen molar-refractivity contribution >= 4 is 23.4 Å². The van der Waals surface area contributed by atoms with E-state index in [-0.39, 0.29) is 17.7 Å². The lowest BCUT2D eigenvalue weighted by atomic mass is 9.90. The summed E-state index contributed by atoms with van der Waals surface area (Å²) in [5.74, 6) is -3.16. The van der Waals surface area contributed by atoms with Gasteiger partial charge >= 0.3 is 0 Å². The van der Waals surface area contributed by atoms with Gasteiger partial charge in [0.05, 0.1) is 17.2 Å². The van der Waals surface area contributed by atoms with Gasteiger partial charge < -0.3 is 5.73 Å². The third-order valence-corrected chi connectivity index (χ3v) is 4.41. The van der Waals surface area contributed by atoms with Crippen molar-refractivity contribution in [3.8, 4) is 0 Å². The Bertz CT molecular complexity index is 855. The molecule has 26 heavy (non-hydrogen) atoms. The van der Waals surface area contributed by atoms with Crippen molar-refractivity contribution in [1.82, 2.24) is 4.90 Å². The summed E-state index contributed by atoms with van der Waals surface area (Å²) in [6.45, 7) is 1.16. The number of Topliss-reactive ketones (excluding diaryl/α,β-unsaturated/α-hetero) is 2. The van der Waals surface area contributed by atoms with E-state index in [1.807, 2.05) is 0 Å². The van der Waals surface area contributed by atoms with E-state index in [0.29, 0.717) is 5.56 Å². The molecule has 6 heteroatoms. The van der Waals surface area contributed by atoms with Gasteiger partial charge in [-0.2, -0.15) is 0 Å². The molecule has 0 aromatic heterocycles. The van der Waals surface area contributed by atoms with Gasteiger partial charge in [0.1, 0.15) is 5.92 Å². The summed E-state index contributed by atoms with van der Waals surface area (Å²) < 4.78 is 0. The SMILES string of the molecule is C[C@H](N)C(=O)[C@@H](CN1C(=O)c2ccccc2C1=O)C(=O)c1ccccc1. The van der Waals surface area contributed by atoms with E-state index in [4.69, 9.17) is 5.73 Å². The first-order chi connectivity index (χ1) is 12.4. The molecular weight excluding hydrogens is 332 g/mol. The summed E-state index contributed by atoms with van der Waals surface area (Å²) in [4.78, 5) is 51.4. The van der Waals surface area contributed by atoms with Crippen molar-refractivity contribution in [1.29, 1.82) is 0 Å². The number of carbonyl (C=O) groups is 4. The van der Waals surface area contributed by atoms with Crippen molar-refractivity contribution in [2.24, 2.45) is 11.7 Å². The fourth-order valence-electron chi connectivity index (χ4n) is 3.01. The van der Waals surface area contributed by atoms with Gasteiger partial charge in [-0.3, -0.25) is 24.1 Å². The van der Waals surface area contributed by atoms with Crippen LogP contribution in [0.2, 0.25) is 0 Å². The molecule has 0 spiro atoms. The zero-order chi connectivity index (χ0) is 18.8. The first-order valence-electron chi connectivity index (χ1n) is 8.25. The van der Waals surface area contributed by atoms with E-state index in [1.54, 1.807) is 54.6 Å². The zero-order valence-corrected chi connectivity index (χ0v) is 14.2. The lowest BCUT2D eigenvalue weighted by molar-refractivity contribution is -0.122. The van der Waals surface area contributed by atoms with Gasteiger partial charge in [0.25, 0.3) is 11.8 Å². The number of nitrogens with zero attached hydrogens (tertiary/aromatic N) is 1. The number of hydrogen-bond donors (Lipinski definition) is 1. The Morgan fingerprint density at radius 1 is 0.923 bits per heavy atom. The van der Waals surface area contributed by atoms with Crippen LogP contribution in [0.1, 0.15) is 38.0 Å². The summed E-state index contributed by atoms with van der Waals surface area (Å²) in [6.07, 6.45) is 0. The number of imide groups is 1. The Hall–Kier alpha value is -3.12. The van der Waals surface area contributed by atoms with Crippen molar-refractivity contribution in [2.75, 3.05) is 6.54 Å². The Kier molecular flexibility index (Phi) is 4.77. The zero-order valence-electron chi connectivity index (χ0n) is 14.2. The predicted octanol–water partition coefficient (Wildman–Crippen LogP) is 1.70. The monoisotopic (exact) mass is 350 g/mol. The maximum Gasteiger partial charge on any atom is 0.261 e. The Morgan fingerprint density at radius 3 is 1.92 bits per heavy atom.